The first kappa shape index (κ1) is 16.6. The molecule has 0 aliphatic heterocycles. The first-order valence-electron chi connectivity index (χ1n) is 5.71. The van der Waals surface area contributed by atoms with E-state index in [1.54, 1.807) is 27.7 Å². The molecule has 17 heavy (non-hydrogen) atoms. The van der Waals surface area contributed by atoms with E-state index >= 15 is 0 Å². The highest BCUT2D eigenvalue weighted by Gasteiger charge is 2.29. The van der Waals surface area contributed by atoms with Gasteiger partial charge in [0.25, 0.3) is 0 Å². The second kappa shape index (κ2) is 8.64. The smallest absolute Gasteiger partial charge is 0.333 e. The second-order valence-corrected chi connectivity index (χ2v) is 5.40. The van der Waals surface area contributed by atoms with Crippen molar-refractivity contribution in [1.29, 1.82) is 0 Å². The van der Waals surface area contributed by atoms with Gasteiger partial charge in [-0.05, 0) is 27.7 Å². The molecular formula is C10H22NO5P. The van der Waals surface area contributed by atoms with Gasteiger partial charge in [-0.25, -0.2) is 0 Å². The summed E-state index contributed by atoms with van der Waals surface area (Å²) in [6, 6.07) is 0. The Kier molecular flexibility index (Phi) is 8.43. The van der Waals surface area contributed by atoms with Crippen molar-refractivity contribution < 1.29 is 23.6 Å². The van der Waals surface area contributed by atoms with E-state index in [1.807, 2.05) is 0 Å². The minimum absolute atomic E-state index is 0.114. The lowest BCUT2D eigenvalue weighted by Gasteiger charge is -2.19. The normalized spacial score (nSPS) is 14.8. The van der Waals surface area contributed by atoms with Crippen LogP contribution in [0.15, 0.2) is 5.16 Å². The SMILES string of the molecule is CCO/N=C(\C)C(O)CP(=O)(OCC)OCC. The summed E-state index contributed by atoms with van der Waals surface area (Å²) in [6.07, 6.45) is -1.11. The molecule has 1 atom stereocenters. The van der Waals surface area contributed by atoms with Gasteiger partial charge in [0.1, 0.15) is 12.7 Å². The van der Waals surface area contributed by atoms with Crippen LogP contribution in [-0.2, 0) is 18.5 Å². The molecule has 0 bridgehead atoms. The van der Waals surface area contributed by atoms with Gasteiger partial charge >= 0.3 is 7.60 Å². The van der Waals surface area contributed by atoms with Crippen LogP contribution in [0.3, 0.4) is 0 Å². The first-order valence-corrected chi connectivity index (χ1v) is 7.44. The Labute approximate surface area is 102 Å². The maximum atomic E-state index is 12.1. The zero-order valence-electron chi connectivity index (χ0n) is 10.9. The summed E-state index contributed by atoms with van der Waals surface area (Å²) < 4.78 is 22.2. The Bertz CT molecular complexity index is 272. The Morgan fingerprint density at radius 2 is 1.76 bits per heavy atom. The Balaban J connectivity index is 4.49. The average Bonchev–Trinajstić information content (AvgIpc) is 2.26. The van der Waals surface area contributed by atoms with Crippen molar-refractivity contribution in [2.24, 2.45) is 5.16 Å². The summed E-state index contributed by atoms with van der Waals surface area (Å²) in [5.41, 5.74) is 0.353. The third-order valence-electron chi connectivity index (χ3n) is 1.87. The van der Waals surface area contributed by atoms with Crippen molar-refractivity contribution in [1.82, 2.24) is 0 Å². The van der Waals surface area contributed by atoms with Crippen LogP contribution in [0, 0.1) is 0 Å². The summed E-state index contributed by atoms with van der Waals surface area (Å²) >= 11 is 0. The van der Waals surface area contributed by atoms with Crippen molar-refractivity contribution >= 4 is 13.3 Å². The molecule has 0 aliphatic carbocycles. The van der Waals surface area contributed by atoms with Crippen LogP contribution in [0.5, 0.6) is 0 Å². The van der Waals surface area contributed by atoms with Crippen molar-refractivity contribution in [3.8, 4) is 0 Å². The Morgan fingerprint density at radius 1 is 1.24 bits per heavy atom. The van der Waals surface area contributed by atoms with E-state index in [0.717, 1.165) is 0 Å². The number of hydrogen-bond acceptors (Lipinski definition) is 6. The predicted molar refractivity (Wildman–Crippen MR) is 66.5 cm³/mol. The molecular weight excluding hydrogens is 245 g/mol. The molecule has 0 saturated carbocycles. The molecule has 0 heterocycles. The molecule has 0 saturated heterocycles. The maximum Gasteiger partial charge on any atom is 0.333 e. The van der Waals surface area contributed by atoms with Gasteiger partial charge in [0.2, 0.25) is 0 Å². The van der Waals surface area contributed by atoms with E-state index in [9.17, 15) is 9.67 Å². The lowest BCUT2D eigenvalue weighted by atomic mass is 10.3. The zero-order chi connectivity index (χ0) is 13.3. The highest BCUT2D eigenvalue weighted by Crippen LogP contribution is 2.48. The molecule has 0 aliphatic rings. The summed E-state index contributed by atoms with van der Waals surface area (Å²) in [4.78, 5) is 4.81. The standard InChI is InChI=1S/C10H22NO5P/c1-5-14-11-9(4)10(12)8-17(13,15-6-2)16-7-3/h10,12H,5-8H2,1-4H3/b11-9+. The molecule has 1 unspecified atom stereocenters. The number of hydrogen-bond donors (Lipinski definition) is 1. The largest absolute Gasteiger partial charge is 0.396 e. The maximum absolute atomic E-state index is 12.1. The minimum atomic E-state index is -3.25. The Morgan fingerprint density at radius 3 is 2.18 bits per heavy atom. The van der Waals surface area contributed by atoms with Gasteiger partial charge < -0.3 is 19.0 Å². The van der Waals surface area contributed by atoms with Crippen LogP contribution in [0.4, 0.5) is 0 Å². The average molecular weight is 267 g/mol. The first-order chi connectivity index (χ1) is 7.99. The van der Waals surface area contributed by atoms with E-state index in [2.05, 4.69) is 5.16 Å². The molecule has 0 amide bonds. The van der Waals surface area contributed by atoms with Crippen LogP contribution < -0.4 is 0 Å². The zero-order valence-corrected chi connectivity index (χ0v) is 11.8. The van der Waals surface area contributed by atoms with E-state index < -0.39 is 13.7 Å². The lowest BCUT2D eigenvalue weighted by Crippen LogP contribution is -2.23. The Hall–Kier alpha value is -0.420. The second-order valence-electron chi connectivity index (χ2n) is 3.30. The van der Waals surface area contributed by atoms with Crippen LogP contribution in [-0.4, -0.2) is 42.9 Å². The molecule has 0 radical (unpaired) electrons. The topological polar surface area (TPSA) is 77.4 Å². The van der Waals surface area contributed by atoms with Crippen molar-refractivity contribution in [3.05, 3.63) is 0 Å². The number of aliphatic hydroxyl groups is 1. The highest BCUT2D eigenvalue weighted by molar-refractivity contribution is 7.53. The van der Waals surface area contributed by atoms with Crippen molar-refractivity contribution in [3.63, 3.8) is 0 Å². The minimum Gasteiger partial charge on any atom is -0.396 e. The fraction of sp³-hybridized carbons (Fsp3) is 0.900. The fourth-order valence-corrected chi connectivity index (χ4v) is 2.87. The molecule has 0 rings (SSSR count). The van der Waals surface area contributed by atoms with Gasteiger partial charge in [-0.2, -0.15) is 0 Å². The van der Waals surface area contributed by atoms with E-state index in [0.29, 0.717) is 12.3 Å². The number of nitrogens with zero attached hydrogens (tertiary/aromatic N) is 1. The predicted octanol–water partition coefficient (Wildman–Crippen LogP) is 2.03. The molecule has 0 aromatic heterocycles. The van der Waals surface area contributed by atoms with E-state index in [1.165, 1.54) is 0 Å². The van der Waals surface area contributed by atoms with Gasteiger partial charge in [-0.3, -0.25) is 4.57 Å². The molecule has 7 heteroatoms. The van der Waals surface area contributed by atoms with Gasteiger partial charge in [-0.15, -0.1) is 0 Å². The molecule has 0 aromatic carbocycles. The molecule has 1 N–H and O–H groups in total. The summed E-state index contributed by atoms with van der Waals surface area (Å²) in [7, 11) is -3.25. The van der Waals surface area contributed by atoms with Gasteiger partial charge in [-0.1, -0.05) is 5.16 Å². The number of aliphatic hydroxyl groups excluding tert-OH is 1. The fourth-order valence-electron chi connectivity index (χ4n) is 1.11. The molecule has 6 nitrogen and oxygen atoms in total. The van der Waals surface area contributed by atoms with Crippen LogP contribution >= 0.6 is 7.60 Å². The summed E-state index contributed by atoms with van der Waals surface area (Å²) in [6.45, 7) is 7.78. The molecule has 0 spiro atoms. The lowest BCUT2D eigenvalue weighted by molar-refractivity contribution is 0.150. The molecule has 0 aromatic rings. The quantitative estimate of drug-likeness (QED) is 0.393. The van der Waals surface area contributed by atoms with Crippen molar-refractivity contribution in [2.75, 3.05) is 26.0 Å². The molecule has 0 fully saturated rings. The van der Waals surface area contributed by atoms with Crippen molar-refractivity contribution in [2.45, 2.75) is 33.8 Å². The van der Waals surface area contributed by atoms with E-state index in [-0.39, 0.29) is 19.4 Å². The monoisotopic (exact) mass is 267 g/mol. The van der Waals surface area contributed by atoms with Gasteiger partial charge in [0.15, 0.2) is 0 Å². The third kappa shape index (κ3) is 6.78. The third-order valence-corrected chi connectivity index (χ3v) is 3.96. The molecule has 102 valence electrons. The van der Waals surface area contributed by atoms with Crippen LogP contribution in [0.1, 0.15) is 27.7 Å². The number of rotatable bonds is 9. The van der Waals surface area contributed by atoms with Gasteiger partial charge in [0, 0.05) is 0 Å². The van der Waals surface area contributed by atoms with E-state index in [4.69, 9.17) is 13.9 Å². The summed E-state index contributed by atoms with van der Waals surface area (Å²) in [5, 5.41) is 13.5. The van der Waals surface area contributed by atoms with Crippen LogP contribution in [0.25, 0.3) is 0 Å². The summed E-state index contributed by atoms with van der Waals surface area (Å²) in [5.74, 6) is 0. The highest BCUT2D eigenvalue weighted by atomic mass is 31.2. The van der Waals surface area contributed by atoms with Crippen LogP contribution in [0.2, 0.25) is 0 Å². The van der Waals surface area contributed by atoms with Gasteiger partial charge in [0.05, 0.1) is 25.1 Å². The number of oxime groups is 1.